The lowest BCUT2D eigenvalue weighted by molar-refractivity contribution is -0.127. The summed E-state index contributed by atoms with van der Waals surface area (Å²) in [5.41, 5.74) is 8.43. The fourth-order valence-corrected chi connectivity index (χ4v) is 1.43. The van der Waals surface area contributed by atoms with E-state index in [0.717, 1.165) is 13.1 Å². The van der Waals surface area contributed by atoms with Gasteiger partial charge in [-0.2, -0.15) is 0 Å². The van der Waals surface area contributed by atoms with Gasteiger partial charge in [0.05, 0.1) is 6.04 Å². The molecule has 0 aromatic rings. The minimum Gasteiger partial charge on any atom is -0.320 e. The first-order valence-electron chi connectivity index (χ1n) is 5.05. The largest absolute Gasteiger partial charge is 0.320 e. The SMILES string of the molecule is CC[C@H](N)C(=O)NN1CCCCC1. The molecule has 1 fully saturated rings. The summed E-state index contributed by atoms with van der Waals surface area (Å²) in [5.74, 6) is -0.0515. The first-order valence-corrected chi connectivity index (χ1v) is 5.05. The van der Waals surface area contributed by atoms with E-state index in [1.165, 1.54) is 19.3 Å². The standard InChI is InChI=1S/C9H19N3O/c1-2-8(10)9(13)11-12-6-4-3-5-7-12/h8H,2-7,10H2,1H3,(H,11,13)/t8-/m0/s1. The molecular formula is C9H19N3O. The van der Waals surface area contributed by atoms with E-state index in [1.54, 1.807) is 0 Å². The number of hydrazine groups is 1. The molecule has 1 heterocycles. The monoisotopic (exact) mass is 185 g/mol. The van der Waals surface area contributed by atoms with E-state index >= 15 is 0 Å². The zero-order valence-electron chi connectivity index (χ0n) is 8.25. The van der Waals surface area contributed by atoms with Gasteiger partial charge in [-0.15, -0.1) is 0 Å². The number of nitrogens with two attached hydrogens (primary N) is 1. The lowest BCUT2D eigenvalue weighted by Crippen LogP contribution is -2.50. The van der Waals surface area contributed by atoms with Gasteiger partial charge in [0.2, 0.25) is 0 Å². The molecule has 0 spiro atoms. The summed E-state index contributed by atoms with van der Waals surface area (Å²) < 4.78 is 0. The summed E-state index contributed by atoms with van der Waals surface area (Å²) in [6.45, 7) is 3.84. The summed E-state index contributed by atoms with van der Waals surface area (Å²) >= 11 is 0. The summed E-state index contributed by atoms with van der Waals surface area (Å²) in [4.78, 5) is 11.4. The lowest BCUT2D eigenvalue weighted by atomic mass is 10.2. The van der Waals surface area contributed by atoms with Crippen LogP contribution in [0.4, 0.5) is 0 Å². The molecule has 0 radical (unpaired) electrons. The first kappa shape index (κ1) is 10.5. The number of nitrogens with one attached hydrogen (secondary N) is 1. The van der Waals surface area contributed by atoms with Gasteiger partial charge in [0, 0.05) is 13.1 Å². The summed E-state index contributed by atoms with van der Waals surface area (Å²) in [6.07, 6.45) is 4.30. The van der Waals surface area contributed by atoms with E-state index < -0.39 is 0 Å². The van der Waals surface area contributed by atoms with E-state index in [-0.39, 0.29) is 11.9 Å². The summed E-state index contributed by atoms with van der Waals surface area (Å²) in [7, 11) is 0. The summed E-state index contributed by atoms with van der Waals surface area (Å²) in [6, 6.07) is -0.359. The van der Waals surface area contributed by atoms with Crippen LogP contribution in [0, 0.1) is 0 Å². The Morgan fingerprint density at radius 1 is 1.46 bits per heavy atom. The van der Waals surface area contributed by atoms with Crippen molar-refractivity contribution in [2.75, 3.05) is 13.1 Å². The molecule has 0 unspecified atom stereocenters. The average Bonchev–Trinajstić information content (AvgIpc) is 2.18. The minimum absolute atomic E-state index is 0.0515. The lowest BCUT2D eigenvalue weighted by Gasteiger charge is -2.27. The van der Waals surface area contributed by atoms with Crippen LogP contribution in [0.1, 0.15) is 32.6 Å². The third-order valence-corrected chi connectivity index (χ3v) is 2.40. The van der Waals surface area contributed by atoms with Crippen LogP contribution in [0.15, 0.2) is 0 Å². The molecule has 3 N–H and O–H groups in total. The molecular weight excluding hydrogens is 166 g/mol. The maximum atomic E-state index is 11.4. The minimum atomic E-state index is -0.359. The third-order valence-electron chi connectivity index (χ3n) is 2.40. The fraction of sp³-hybridized carbons (Fsp3) is 0.889. The topological polar surface area (TPSA) is 58.4 Å². The van der Waals surface area contributed by atoms with Gasteiger partial charge in [-0.05, 0) is 19.3 Å². The molecule has 4 heteroatoms. The highest BCUT2D eigenvalue weighted by Gasteiger charge is 2.16. The molecule has 76 valence electrons. The van der Waals surface area contributed by atoms with Gasteiger partial charge in [0.25, 0.3) is 5.91 Å². The molecule has 1 aliphatic rings. The van der Waals surface area contributed by atoms with Gasteiger partial charge in [-0.1, -0.05) is 13.3 Å². The van der Waals surface area contributed by atoms with Gasteiger partial charge < -0.3 is 5.73 Å². The van der Waals surface area contributed by atoms with Crippen molar-refractivity contribution in [3.05, 3.63) is 0 Å². The summed E-state index contributed by atoms with van der Waals surface area (Å²) in [5, 5.41) is 1.97. The zero-order chi connectivity index (χ0) is 9.68. The number of carbonyl (C=O) groups is 1. The number of carbonyl (C=O) groups excluding carboxylic acids is 1. The predicted molar refractivity (Wildman–Crippen MR) is 51.8 cm³/mol. The molecule has 1 saturated heterocycles. The van der Waals surface area contributed by atoms with Crippen molar-refractivity contribution >= 4 is 5.91 Å². The van der Waals surface area contributed by atoms with Crippen molar-refractivity contribution < 1.29 is 4.79 Å². The highest BCUT2D eigenvalue weighted by Crippen LogP contribution is 2.05. The number of amides is 1. The van der Waals surface area contributed by atoms with Crippen LogP contribution in [0.5, 0.6) is 0 Å². The number of piperidine rings is 1. The number of hydrogen-bond donors (Lipinski definition) is 2. The first-order chi connectivity index (χ1) is 6.24. The number of nitrogens with zero attached hydrogens (tertiary/aromatic N) is 1. The molecule has 0 aromatic carbocycles. The van der Waals surface area contributed by atoms with Crippen LogP contribution < -0.4 is 11.2 Å². The van der Waals surface area contributed by atoms with Crippen molar-refractivity contribution in [2.24, 2.45) is 5.73 Å². The van der Waals surface area contributed by atoms with Crippen molar-refractivity contribution in [3.8, 4) is 0 Å². The van der Waals surface area contributed by atoms with Gasteiger partial charge >= 0.3 is 0 Å². The molecule has 0 saturated carbocycles. The Bertz CT molecular complexity index is 166. The van der Waals surface area contributed by atoms with Crippen LogP contribution in [-0.2, 0) is 4.79 Å². The van der Waals surface area contributed by atoms with Gasteiger partial charge in [-0.25, -0.2) is 5.01 Å². The molecule has 0 aromatic heterocycles. The average molecular weight is 185 g/mol. The van der Waals surface area contributed by atoms with Crippen LogP contribution in [0.25, 0.3) is 0 Å². The molecule has 13 heavy (non-hydrogen) atoms. The second kappa shape index (κ2) is 5.19. The van der Waals surface area contributed by atoms with Crippen molar-refractivity contribution in [3.63, 3.8) is 0 Å². The third kappa shape index (κ3) is 3.32. The molecule has 1 amide bonds. The van der Waals surface area contributed by atoms with E-state index in [2.05, 4.69) is 5.43 Å². The van der Waals surface area contributed by atoms with Gasteiger partial charge in [0.15, 0.2) is 0 Å². The van der Waals surface area contributed by atoms with E-state index in [0.29, 0.717) is 6.42 Å². The second-order valence-corrected chi connectivity index (χ2v) is 3.54. The van der Waals surface area contributed by atoms with E-state index in [4.69, 9.17) is 5.73 Å². The number of rotatable bonds is 3. The molecule has 1 aliphatic heterocycles. The molecule has 4 nitrogen and oxygen atoms in total. The highest BCUT2D eigenvalue weighted by atomic mass is 16.2. The maximum Gasteiger partial charge on any atom is 0.251 e. The Balaban J connectivity index is 2.26. The van der Waals surface area contributed by atoms with Gasteiger partial charge in [0.1, 0.15) is 0 Å². The molecule has 1 rings (SSSR count). The van der Waals surface area contributed by atoms with Gasteiger partial charge in [-0.3, -0.25) is 10.2 Å². The fourth-order valence-electron chi connectivity index (χ4n) is 1.43. The van der Waals surface area contributed by atoms with Crippen molar-refractivity contribution in [1.29, 1.82) is 0 Å². The Morgan fingerprint density at radius 3 is 2.62 bits per heavy atom. The normalized spacial score (nSPS) is 21.1. The van der Waals surface area contributed by atoms with Crippen LogP contribution >= 0.6 is 0 Å². The van der Waals surface area contributed by atoms with E-state index in [1.807, 2.05) is 11.9 Å². The van der Waals surface area contributed by atoms with Crippen molar-refractivity contribution in [2.45, 2.75) is 38.6 Å². The molecule has 0 aliphatic carbocycles. The van der Waals surface area contributed by atoms with Crippen LogP contribution in [0.2, 0.25) is 0 Å². The number of hydrogen-bond acceptors (Lipinski definition) is 3. The van der Waals surface area contributed by atoms with Crippen molar-refractivity contribution in [1.82, 2.24) is 10.4 Å². The predicted octanol–water partition coefficient (Wildman–Crippen LogP) is 0.241. The Hall–Kier alpha value is -0.610. The van der Waals surface area contributed by atoms with Crippen LogP contribution in [-0.4, -0.2) is 30.0 Å². The molecule has 0 bridgehead atoms. The van der Waals surface area contributed by atoms with E-state index in [9.17, 15) is 4.79 Å². The molecule has 1 atom stereocenters. The smallest absolute Gasteiger partial charge is 0.251 e. The quantitative estimate of drug-likeness (QED) is 0.662. The zero-order valence-corrected chi connectivity index (χ0v) is 8.25. The van der Waals surface area contributed by atoms with Crippen LogP contribution in [0.3, 0.4) is 0 Å². The second-order valence-electron chi connectivity index (χ2n) is 3.54. The Labute approximate surface area is 79.4 Å². The maximum absolute atomic E-state index is 11.4. The Kier molecular flexibility index (Phi) is 4.18. The highest BCUT2D eigenvalue weighted by molar-refractivity contribution is 5.80. The Morgan fingerprint density at radius 2 is 2.08 bits per heavy atom.